The van der Waals surface area contributed by atoms with E-state index in [-0.39, 0.29) is 0 Å². The molecule has 1 aliphatic carbocycles. The van der Waals surface area contributed by atoms with Crippen molar-refractivity contribution < 1.29 is 0 Å². The molecule has 1 aromatic heterocycles. The highest BCUT2D eigenvalue weighted by atomic mass is 15.1. The van der Waals surface area contributed by atoms with Crippen LogP contribution in [-0.4, -0.2) is 42.1 Å². The zero-order valence-electron chi connectivity index (χ0n) is 17.3. The van der Waals surface area contributed by atoms with Gasteiger partial charge in [-0.25, -0.2) is 4.98 Å². The normalized spacial score (nSPS) is 14.0. The number of hydrogen-bond acceptors (Lipinski definition) is 5. The Bertz CT molecular complexity index is 765. The van der Waals surface area contributed by atoms with Crippen LogP contribution in [0.5, 0.6) is 0 Å². The minimum atomic E-state index is 0.539. The molecule has 0 saturated heterocycles. The van der Waals surface area contributed by atoms with Crippen molar-refractivity contribution in [1.82, 2.24) is 14.9 Å². The first-order valence-electron chi connectivity index (χ1n) is 10.1. The Morgan fingerprint density at radius 1 is 1.15 bits per heavy atom. The van der Waals surface area contributed by atoms with Gasteiger partial charge in [0, 0.05) is 24.2 Å². The molecular formula is C22H33N5. The van der Waals surface area contributed by atoms with Gasteiger partial charge in [0.05, 0.1) is 5.69 Å². The molecule has 0 aliphatic heterocycles. The summed E-state index contributed by atoms with van der Waals surface area (Å²) >= 11 is 0. The van der Waals surface area contributed by atoms with E-state index in [1.54, 1.807) is 0 Å². The predicted octanol–water partition coefficient (Wildman–Crippen LogP) is 4.89. The Kier molecular flexibility index (Phi) is 6.32. The molecule has 0 bridgehead atoms. The maximum Gasteiger partial charge on any atom is 0.224 e. The van der Waals surface area contributed by atoms with Crippen LogP contribution in [0.4, 0.5) is 17.5 Å². The number of aromatic nitrogens is 2. The lowest BCUT2D eigenvalue weighted by molar-refractivity contribution is 0.405. The highest BCUT2D eigenvalue weighted by Crippen LogP contribution is 2.40. The summed E-state index contributed by atoms with van der Waals surface area (Å²) < 4.78 is 0. The highest BCUT2D eigenvalue weighted by molar-refractivity contribution is 5.60. The van der Waals surface area contributed by atoms with Crippen molar-refractivity contribution in [3.05, 3.63) is 41.1 Å². The lowest BCUT2D eigenvalue weighted by Gasteiger charge is -2.14. The monoisotopic (exact) mass is 367 g/mol. The summed E-state index contributed by atoms with van der Waals surface area (Å²) in [5.41, 5.74) is 4.94. The lowest BCUT2D eigenvalue weighted by Crippen LogP contribution is -2.17. The Morgan fingerprint density at radius 2 is 1.93 bits per heavy atom. The second-order valence-corrected chi connectivity index (χ2v) is 8.21. The third-order valence-electron chi connectivity index (χ3n) is 4.97. The molecule has 1 heterocycles. The summed E-state index contributed by atoms with van der Waals surface area (Å²) in [6, 6.07) is 8.67. The average Bonchev–Trinajstić information content (AvgIpc) is 3.43. The molecule has 1 saturated carbocycles. The molecule has 0 amide bonds. The fourth-order valence-electron chi connectivity index (χ4n) is 3.34. The molecule has 2 aromatic rings. The first kappa shape index (κ1) is 19.6. The van der Waals surface area contributed by atoms with Crippen molar-refractivity contribution in [3.8, 4) is 0 Å². The van der Waals surface area contributed by atoms with E-state index in [0.29, 0.717) is 11.8 Å². The zero-order chi connectivity index (χ0) is 19.4. The number of rotatable bonds is 9. The number of hydrogen-bond donors (Lipinski definition) is 2. The quantitative estimate of drug-likeness (QED) is 0.618. The molecule has 0 unspecified atom stereocenters. The zero-order valence-corrected chi connectivity index (χ0v) is 17.3. The van der Waals surface area contributed by atoms with Gasteiger partial charge in [0.2, 0.25) is 5.95 Å². The van der Waals surface area contributed by atoms with Gasteiger partial charge in [-0.05, 0) is 76.0 Å². The minimum Gasteiger partial charge on any atom is -0.354 e. The Morgan fingerprint density at radius 3 is 2.56 bits per heavy atom. The fourth-order valence-corrected chi connectivity index (χ4v) is 3.34. The molecule has 0 spiro atoms. The van der Waals surface area contributed by atoms with Gasteiger partial charge >= 0.3 is 0 Å². The van der Waals surface area contributed by atoms with Crippen molar-refractivity contribution >= 4 is 17.5 Å². The number of nitrogens with zero attached hydrogens (tertiary/aromatic N) is 3. The van der Waals surface area contributed by atoms with Crippen molar-refractivity contribution in [3.63, 3.8) is 0 Å². The van der Waals surface area contributed by atoms with E-state index in [1.165, 1.54) is 24.0 Å². The topological polar surface area (TPSA) is 53.1 Å². The van der Waals surface area contributed by atoms with Gasteiger partial charge in [0.25, 0.3) is 0 Å². The van der Waals surface area contributed by atoms with Gasteiger partial charge < -0.3 is 15.5 Å². The second kappa shape index (κ2) is 8.70. The van der Waals surface area contributed by atoms with E-state index in [1.807, 2.05) is 0 Å². The Hall–Kier alpha value is -2.14. The Labute approximate surface area is 163 Å². The number of benzene rings is 1. The van der Waals surface area contributed by atoms with Gasteiger partial charge in [-0.3, -0.25) is 0 Å². The molecule has 5 heteroatoms. The van der Waals surface area contributed by atoms with E-state index < -0.39 is 0 Å². The molecule has 5 nitrogen and oxygen atoms in total. The molecule has 2 N–H and O–H groups in total. The fraction of sp³-hybridized carbons (Fsp3) is 0.545. The van der Waals surface area contributed by atoms with Crippen molar-refractivity contribution in [1.29, 1.82) is 0 Å². The van der Waals surface area contributed by atoms with Crippen LogP contribution in [0.25, 0.3) is 0 Å². The van der Waals surface area contributed by atoms with Crippen LogP contribution in [-0.2, 0) is 0 Å². The smallest absolute Gasteiger partial charge is 0.224 e. The third-order valence-corrected chi connectivity index (χ3v) is 4.97. The van der Waals surface area contributed by atoms with E-state index in [0.717, 1.165) is 42.7 Å². The first-order valence-corrected chi connectivity index (χ1v) is 10.1. The van der Waals surface area contributed by atoms with Crippen LogP contribution in [0.2, 0.25) is 0 Å². The van der Waals surface area contributed by atoms with Crippen molar-refractivity contribution in [2.45, 2.75) is 51.9 Å². The SMILES string of the molecule is Cc1cc(Nc2cc(C3CC3)nc(NCCCN(C)C)n2)ccc1C(C)C. The second-order valence-electron chi connectivity index (χ2n) is 8.21. The first-order chi connectivity index (χ1) is 12.9. The summed E-state index contributed by atoms with van der Waals surface area (Å²) in [6.45, 7) is 8.58. The molecule has 1 fully saturated rings. The van der Waals surface area contributed by atoms with Crippen LogP contribution < -0.4 is 10.6 Å². The van der Waals surface area contributed by atoms with Crippen LogP contribution in [0.15, 0.2) is 24.3 Å². The maximum atomic E-state index is 4.73. The van der Waals surface area contributed by atoms with Gasteiger partial charge in [0.15, 0.2) is 0 Å². The molecular weight excluding hydrogens is 334 g/mol. The summed E-state index contributed by atoms with van der Waals surface area (Å²) in [5.74, 6) is 2.74. The molecule has 146 valence electrons. The largest absolute Gasteiger partial charge is 0.354 e. The molecule has 0 atom stereocenters. The summed E-state index contributed by atoms with van der Waals surface area (Å²) in [7, 11) is 4.19. The summed E-state index contributed by atoms with van der Waals surface area (Å²) in [6.07, 6.45) is 3.54. The van der Waals surface area contributed by atoms with Gasteiger partial charge in [-0.2, -0.15) is 4.98 Å². The minimum absolute atomic E-state index is 0.539. The molecule has 27 heavy (non-hydrogen) atoms. The van der Waals surface area contributed by atoms with Crippen LogP contribution in [0.1, 0.15) is 61.8 Å². The Balaban J connectivity index is 1.73. The van der Waals surface area contributed by atoms with Crippen LogP contribution >= 0.6 is 0 Å². The maximum absolute atomic E-state index is 4.73. The van der Waals surface area contributed by atoms with Gasteiger partial charge in [0.1, 0.15) is 5.82 Å². The van der Waals surface area contributed by atoms with Crippen LogP contribution in [0.3, 0.4) is 0 Å². The van der Waals surface area contributed by atoms with Gasteiger partial charge in [-0.1, -0.05) is 19.9 Å². The molecule has 1 aromatic carbocycles. The molecule has 1 aliphatic rings. The molecule has 3 rings (SSSR count). The number of nitrogens with one attached hydrogen (secondary N) is 2. The molecule has 0 radical (unpaired) electrons. The third kappa shape index (κ3) is 5.67. The highest BCUT2D eigenvalue weighted by Gasteiger charge is 2.26. The van der Waals surface area contributed by atoms with E-state index in [4.69, 9.17) is 9.97 Å². The number of anilines is 3. The van der Waals surface area contributed by atoms with E-state index in [2.05, 4.69) is 74.7 Å². The summed E-state index contributed by atoms with van der Waals surface area (Å²) in [5, 5.41) is 6.88. The van der Waals surface area contributed by atoms with E-state index in [9.17, 15) is 0 Å². The predicted molar refractivity (Wildman–Crippen MR) is 114 cm³/mol. The van der Waals surface area contributed by atoms with Crippen molar-refractivity contribution in [2.75, 3.05) is 37.8 Å². The van der Waals surface area contributed by atoms with Gasteiger partial charge in [-0.15, -0.1) is 0 Å². The van der Waals surface area contributed by atoms with Crippen molar-refractivity contribution in [2.24, 2.45) is 0 Å². The number of aryl methyl sites for hydroxylation is 1. The van der Waals surface area contributed by atoms with E-state index >= 15 is 0 Å². The lowest BCUT2D eigenvalue weighted by atomic mass is 9.98. The average molecular weight is 368 g/mol. The van der Waals surface area contributed by atoms with Crippen LogP contribution in [0, 0.1) is 6.92 Å². The standard InChI is InChI=1S/C22H33N5/c1-15(2)19-10-9-18(13-16(19)3)24-21-14-20(17-7-8-17)25-22(26-21)23-11-6-12-27(4)5/h9-10,13-15,17H,6-8,11-12H2,1-5H3,(H2,23,24,25,26). The summed E-state index contributed by atoms with van der Waals surface area (Å²) in [4.78, 5) is 11.6.